The third kappa shape index (κ3) is 3.28. The molecule has 1 aromatic heterocycles. The van der Waals surface area contributed by atoms with Crippen LogP contribution in [0.5, 0.6) is 0 Å². The van der Waals surface area contributed by atoms with E-state index in [9.17, 15) is 23.7 Å². The number of aromatic nitrogens is 1. The number of carboxylic acids is 1. The maximum Gasteiger partial charge on any atom is 0.309 e. The van der Waals surface area contributed by atoms with Crippen LogP contribution in [0, 0.1) is 13.7 Å². The highest BCUT2D eigenvalue weighted by Crippen LogP contribution is 2.28. The Morgan fingerprint density at radius 3 is 2.65 bits per heavy atom. The van der Waals surface area contributed by atoms with Crippen LogP contribution in [0.2, 0.25) is 0 Å². The van der Waals surface area contributed by atoms with E-state index in [1.54, 1.807) is 0 Å². The largest absolute Gasteiger partial charge is 0.481 e. The molecule has 17 heavy (non-hydrogen) atoms. The van der Waals surface area contributed by atoms with E-state index in [2.05, 4.69) is 4.98 Å². The minimum Gasteiger partial charge on any atom is -0.481 e. The molecule has 0 unspecified atom stereocenters. The van der Waals surface area contributed by atoms with Crippen molar-refractivity contribution >= 4 is 34.2 Å². The molecule has 1 N–H and O–H groups in total. The molecule has 6 nitrogen and oxygen atoms in total. The van der Waals surface area contributed by atoms with Crippen LogP contribution in [0.1, 0.15) is 17.8 Å². The van der Waals surface area contributed by atoms with Gasteiger partial charge in [-0.3, -0.25) is 14.9 Å². The average Bonchev–Trinajstić information content (AvgIpc) is 2.19. The number of pyridine rings is 1. The zero-order valence-electron chi connectivity index (χ0n) is 8.06. The molecule has 0 saturated carbocycles. The molecule has 0 aliphatic rings. The molecule has 92 valence electrons. The van der Waals surface area contributed by atoms with Gasteiger partial charge in [-0.25, -0.2) is 13.8 Å². The van der Waals surface area contributed by atoms with Gasteiger partial charge in [0.1, 0.15) is 9.26 Å². The van der Waals surface area contributed by atoms with E-state index in [0.717, 1.165) is 0 Å². The molecule has 0 amide bonds. The Bertz CT molecular complexity index is 481. The minimum atomic E-state index is -2.99. The van der Waals surface area contributed by atoms with E-state index >= 15 is 0 Å². The molecule has 1 rings (SSSR count). The number of halogens is 3. The Kier molecular flexibility index (Phi) is 4.26. The SMILES string of the molecule is O=C(O)Cc1nc(C(F)F)cc([N+](=O)[O-])c1I. The van der Waals surface area contributed by atoms with Gasteiger partial charge >= 0.3 is 5.97 Å². The highest BCUT2D eigenvalue weighted by atomic mass is 127. The van der Waals surface area contributed by atoms with Gasteiger partial charge < -0.3 is 5.11 Å². The average molecular weight is 358 g/mol. The Morgan fingerprint density at radius 2 is 2.24 bits per heavy atom. The predicted octanol–water partition coefficient (Wildman–Crippen LogP) is 2.16. The quantitative estimate of drug-likeness (QED) is 0.506. The first kappa shape index (κ1) is 13.7. The van der Waals surface area contributed by atoms with E-state index in [4.69, 9.17) is 5.11 Å². The lowest BCUT2D eigenvalue weighted by molar-refractivity contribution is -0.386. The van der Waals surface area contributed by atoms with Crippen LogP contribution in [-0.4, -0.2) is 21.0 Å². The van der Waals surface area contributed by atoms with Crippen molar-refractivity contribution in [3.63, 3.8) is 0 Å². The fourth-order valence-electron chi connectivity index (χ4n) is 1.09. The fourth-order valence-corrected chi connectivity index (χ4v) is 1.76. The summed E-state index contributed by atoms with van der Waals surface area (Å²) in [5, 5.41) is 19.2. The number of aliphatic carboxylic acids is 1. The number of hydrogen-bond donors (Lipinski definition) is 1. The highest BCUT2D eigenvalue weighted by molar-refractivity contribution is 14.1. The number of alkyl halides is 2. The van der Waals surface area contributed by atoms with Gasteiger partial charge in [-0.1, -0.05) is 0 Å². The van der Waals surface area contributed by atoms with Crippen molar-refractivity contribution in [3.8, 4) is 0 Å². The lowest BCUT2D eigenvalue weighted by Crippen LogP contribution is -2.09. The van der Waals surface area contributed by atoms with Gasteiger partial charge in [-0.15, -0.1) is 0 Å². The summed E-state index contributed by atoms with van der Waals surface area (Å²) in [5.41, 5.74) is -1.59. The number of hydrogen-bond acceptors (Lipinski definition) is 4. The summed E-state index contributed by atoms with van der Waals surface area (Å²) in [6.07, 6.45) is -3.63. The molecule has 0 aliphatic carbocycles. The summed E-state index contributed by atoms with van der Waals surface area (Å²) in [4.78, 5) is 23.7. The third-order valence-electron chi connectivity index (χ3n) is 1.77. The van der Waals surface area contributed by atoms with E-state index < -0.39 is 35.1 Å². The van der Waals surface area contributed by atoms with Gasteiger partial charge in [0.2, 0.25) is 0 Å². The van der Waals surface area contributed by atoms with E-state index in [0.29, 0.717) is 6.07 Å². The molecule has 1 aromatic rings. The van der Waals surface area contributed by atoms with Crippen LogP contribution in [0.4, 0.5) is 14.5 Å². The summed E-state index contributed by atoms with van der Waals surface area (Å²) < 4.78 is 24.8. The number of nitrogens with zero attached hydrogens (tertiary/aromatic N) is 2. The summed E-state index contributed by atoms with van der Waals surface area (Å²) >= 11 is 1.52. The lowest BCUT2D eigenvalue weighted by Gasteiger charge is -2.05. The first-order valence-corrected chi connectivity index (χ1v) is 5.24. The van der Waals surface area contributed by atoms with Crippen molar-refractivity contribution in [1.82, 2.24) is 4.98 Å². The van der Waals surface area contributed by atoms with Crippen molar-refractivity contribution < 1.29 is 23.6 Å². The van der Waals surface area contributed by atoms with Crippen molar-refractivity contribution in [2.45, 2.75) is 12.8 Å². The lowest BCUT2D eigenvalue weighted by atomic mass is 10.2. The number of carbonyl (C=O) groups is 1. The molecule has 0 saturated heterocycles. The second-order valence-electron chi connectivity index (χ2n) is 2.96. The van der Waals surface area contributed by atoms with Gasteiger partial charge in [0, 0.05) is 6.07 Å². The molecule has 0 aliphatic heterocycles. The maximum atomic E-state index is 12.4. The molecule has 0 fully saturated rings. The second kappa shape index (κ2) is 5.29. The topological polar surface area (TPSA) is 93.3 Å². The second-order valence-corrected chi connectivity index (χ2v) is 4.03. The zero-order chi connectivity index (χ0) is 13.2. The predicted molar refractivity (Wildman–Crippen MR) is 59.9 cm³/mol. The van der Waals surface area contributed by atoms with E-state index in [-0.39, 0.29) is 9.26 Å². The molecule has 0 aromatic carbocycles. The van der Waals surface area contributed by atoms with Crippen molar-refractivity contribution in [2.75, 3.05) is 0 Å². The molecule has 9 heteroatoms. The van der Waals surface area contributed by atoms with E-state index in [1.807, 2.05) is 0 Å². The Hall–Kier alpha value is -1.39. The van der Waals surface area contributed by atoms with E-state index in [1.165, 1.54) is 22.6 Å². The summed E-state index contributed by atoms with van der Waals surface area (Å²) in [5.74, 6) is -1.30. The van der Waals surface area contributed by atoms with Gasteiger partial charge in [0.15, 0.2) is 0 Å². The molecule has 1 heterocycles. The minimum absolute atomic E-state index is 0.0422. The Labute approximate surface area is 107 Å². The number of rotatable bonds is 4. The van der Waals surface area contributed by atoms with Crippen molar-refractivity contribution in [2.24, 2.45) is 0 Å². The summed E-state index contributed by atoms with van der Waals surface area (Å²) in [6, 6.07) is 0.651. The first-order chi connectivity index (χ1) is 7.82. The molecule has 0 radical (unpaired) electrons. The number of carboxylic acid groups (broad SMARTS) is 1. The van der Waals surface area contributed by atoms with Crippen molar-refractivity contribution in [3.05, 3.63) is 31.1 Å². The molecular formula is C8H5F2IN2O4. The van der Waals surface area contributed by atoms with Gasteiger partial charge in [0.05, 0.1) is 17.0 Å². The monoisotopic (exact) mass is 358 g/mol. The van der Waals surface area contributed by atoms with Crippen LogP contribution in [0.15, 0.2) is 6.07 Å². The van der Waals surface area contributed by atoms with Crippen LogP contribution < -0.4 is 0 Å². The van der Waals surface area contributed by atoms with Gasteiger partial charge in [-0.05, 0) is 22.6 Å². The normalized spacial score (nSPS) is 10.6. The molecule has 0 atom stereocenters. The van der Waals surface area contributed by atoms with Gasteiger partial charge in [-0.2, -0.15) is 0 Å². The Balaban J connectivity index is 3.37. The van der Waals surface area contributed by atoms with Crippen LogP contribution in [0.25, 0.3) is 0 Å². The Morgan fingerprint density at radius 1 is 1.65 bits per heavy atom. The van der Waals surface area contributed by atoms with Gasteiger partial charge in [0.25, 0.3) is 12.1 Å². The smallest absolute Gasteiger partial charge is 0.309 e. The molecule has 0 bridgehead atoms. The fraction of sp³-hybridized carbons (Fsp3) is 0.250. The summed E-state index contributed by atoms with van der Waals surface area (Å²) in [6.45, 7) is 0. The van der Waals surface area contributed by atoms with Crippen molar-refractivity contribution in [1.29, 1.82) is 0 Å². The molecule has 0 spiro atoms. The van der Waals surface area contributed by atoms with Crippen LogP contribution in [-0.2, 0) is 11.2 Å². The highest BCUT2D eigenvalue weighted by Gasteiger charge is 2.23. The summed E-state index contributed by atoms with van der Waals surface area (Å²) in [7, 11) is 0. The standard InChI is InChI=1S/C8H5F2IN2O4/c9-8(10)4-1-5(13(16)17)7(11)3(12-4)2-6(14)15/h1,8H,2H2,(H,14,15). The number of nitro groups is 1. The van der Waals surface area contributed by atoms with Crippen LogP contribution >= 0.6 is 22.6 Å². The third-order valence-corrected chi connectivity index (χ3v) is 2.94. The first-order valence-electron chi connectivity index (χ1n) is 4.16. The zero-order valence-corrected chi connectivity index (χ0v) is 10.2. The van der Waals surface area contributed by atoms with Crippen LogP contribution in [0.3, 0.4) is 0 Å². The maximum absolute atomic E-state index is 12.4. The molecular weight excluding hydrogens is 353 g/mol.